The summed E-state index contributed by atoms with van der Waals surface area (Å²) in [5.74, 6) is -0.844. The Morgan fingerprint density at radius 2 is 1.76 bits per heavy atom. The number of fused-ring (bicyclic) bond motifs is 1. The number of nitrogens with zero attached hydrogens (tertiary/aromatic N) is 2. The molecule has 4 aromatic rings. The number of hydrogen-bond donors (Lipinski definition) is 1. The van der Waals surface area contributed by atoms with E-state index in [2.05, 4.69) is 10.3 Å². The van der Waals surface area contributed by atoms with Crippen LogP contribution in [0, 0.1) is 6.92 Å². The highest BCUT2D eigenvalue weighted by molar-refractivity contribution is 7.99. The Kier molecular flexibility index (Phi) is 7.08. The van der Waals surface area contributed by atoms with E-state index in [0.717, 1.165) is 17.3 Å². The van der Waals surface area contributed by atoms with Gasteiger partial charge in [-0.2, -0.15) is 0 Å². The van der Waals surface area contributed by atoms with Gasteiger partial charge in [0.15, 0.2) is 5.16 Å². The van der Waals surface area contributed by atoms with Crippen molar-refractivity contribution in [3.63, 3.8) is 0 Å². The summed E-state index contributed by atoms with van der Waals surface area (Å²) < 4.78 is 6.58. The minimum Gasteiger partial charge on any atom is -0.462 e. The molecule has 0 unspecified atom stereocenters. The summed E-state index contributed by atoms with van der Waals surface area (Å²) >= 11 is 1.15. The zero-order chi connectivity index (χ0) is 24.1. The second-order valence-electron chi connectivity index (χ2n) is 7.49. The minimum atomic E-state index is -0.504. The van der Waals surface area contributed by atoms with Gasteiger partial charge in [-0.25, -0.2) is 9.78 Å². The number of aryl methyl sites for hydroxylation is 1. The molecule has 8 heteroatoms. The van der Waals surface area contributed by atoms with Crippen LogP contribution in [0.15, 0.2) is 82.7 Å². The van der Waals surface area contributed by atoms with E-state index < -0.39 is 5.97 Å². The molecule has 7 nitrogen and oxygen atoms in total. The SMILES string of the molecule is CCOC(=O)c1ccccc1NC(=O)CSc1nc2ccc(C)cc2c(=O)n1-c1ccccc1. The largest absolute Gasteiger partial charge is 0.462 e. The molecule has 1 aromatic heterocycles. The Balaban J connectivity index is 1.63. The summed E-state index contributed by atoms with van der Waals surface area (Å²) in [6.45, 7) is 3.88. The van der Waals surface area contributed by atoms with Crippen molar-refractivity contribution in [2.75, 3.05) is 17.7 Å². The van der Waals surface area contributed by atoms with Gasteiger partial charge in [-0.3, -0.25) is 14.2 Å². The predicted molar refractivity (Wildman–Crippen MR) is 134 cm³/mol. The van der Waals surface area contributed by atoms with E-state index in [0.29, 0.717) is 27.4 Å². The van der Waals surface area contributed by atoms with Crippen LogP contribution in [0.3, 0.4) is 0 Å². The number of para-hydroxylation sites is 2. The molecule has 1 amide bonds. The van der Waals surface area contributed by atoms with Gasteiger partial charge in [0, 0.05) is 0 Å². The van der Waals surface area contributed by atoms with Gasteiger partial charge in [0.1, 0.15) is 0 Å². The third-order valence-corrected chi connectivity index (χ3v) is 5.97. The molecular weight excluding hydrogens is 450 g/mol. The molecule has 1 heterocycles. The topological polar surface area (TPSA) is 90.3 Å². The Morgan fingerprint density at radius 1 is 1.03 bits per heavy atom. The molecule has 0 radical (unpaired) electrons. The Hall–Kier alpha value is -3.91. The van der Waals surface area contributed by atoms with Crippen LogP contribution >= 0.6 is 11.8 Å². The molecule has 4 rings (SSSR count). The van der Waals surface area contributed by atoms with Gasteiger partial charge in [-0.15, -0.1) is 0 Å². The molecule has 0 aliphatic carbocycles. The van der Waals surface area contributed by atoms with E-state index in [4.69, 9.17) is 4.74 Å². The van der Waals surface area contributed by atoms with Gasteiger partial charge in [0.2, 0.25) is 5.91 Å². The summed E-state index contributed by atoms with van der Waals surface area (Å²) in [4.78, 5) is 43.0. The number of benzene rings is 3. The Bertz CT molecular complexity index is 1420. The minimum absolute atomic E-state index is 0.00615. The number of aromatic nitrogens is 2. The van der Waals surface area contributed by atoms with Gasteiger partial charge < -0.3 is 10.1 Å². The quantitative estimate of drug-likeness (QED) is 0.240. The molecule has 0 aliphatic heterocycles. The molecule has 0 atom stereocenters. The highest BCUT2D eigenvalue weighted by Gasteiger charge is 2.17. The van der Waals surface area contributed by atoms with E-state index in [1.54, 1.807) is 37.3 Å². The highest BCUT2D eigenvalue weighted by atomic mass is 32.2. The maximum atomic E-state index is 13.4. The van der Waals surface area contributed by atoms with Crippen LogP contribution in [0.2, 0.25) is 0 Å². The number of esters is 1. The van der Waals surface area contributed by atoms with Crippen LogP contribution < -0.4 is 10.9 Å². The second kappa shape index (κ2) is 10.4. The first-order valence-electron chi connectivity index (χ1n) is 10.8. The van der Waals surface area contributed by atoms with Gasteiger partial charge in [0.05, 0.1) is 40.2 Å². The van der Waals surface area contributed by atoms with Crippen LogP contribution in [0.25, 0.3) is 16.6 Å². The second-order valence-corrected chi connectivity index (χ2v) is 8.44. The fourth-order valence-electron chi connectivity index (χ4n) is 3.48. The lowest BCUT2D eigenvalue weighted by molar-refractivity contribution is -0.113. The molecule has 0 saturated carbocycles. The average Bonchev–Trinajstić information content (AvgIpc) is 2.84. The van der Waals surface area contributed by atoms with Crippen LogP contribution in [0.4, 0.5) is 5.69 Å². The average molecular weight is 474 g/mol. The first-order chi connectivity index (χ1) is 16.5. The van der Waals surface area contributed by atoms with Crippen molar-refractivity contribution in [2.45, 2.75) is 19.0 Å². The van der Waals surface area contributed by atoms with E-state index in [9.17, 15) is 14.4 Å². The maximum Gasteiger partial charge on any atom is 0.340 e. The van der Waals surface area contributed by atoms with Crippen molar-refractivity contribution >= 4 is 40.2 Å². The van der Waals surface area contributed by atoms with Crippen molar-refractivity contribution in [1.29, 1.82) is 0 Å². The number of carbonyl (C=O) groups excluding carboxylic acids is 2. The van der Waals surface area contributed by atoms with E-state index in [1.165, 1.54) is 4.57 Å². The van der Waals surface area contributed by atoms with Gasteiger partial charge in [-0.05, 0) is 50.2 Å². The number of anilines is 1. The molecule has 0 spiro atoms. The number of thioether (sulfide) groups is 1. The van der Waals surface area contributed by atoms with Crippen molar-refractivity contribution in [1.82, 2.24) is 9.55 Å². The lowest BCUT2D eigenvalue weighted by Crippen LogP contribution is -2.23. The summed E-state index contributed by atoms with van der Waals surface area (Å²) in [5.41, 5.74) is 2.65. The molecule has 3 aromatic carbocycles. The molecule has 0 fully saturated rings. The summed E-state index contributed by atoms with van der Waals surface area (Å²) in [5, 5.41) is 3.68. The van der Waals surface area contributed by atoms with Crippen LogP contribution in [-0.2, 0) is 9.53 Å². The van der Waals surface area contributed by atoms with Crippen molar-refractivity contribution in [2.24, 2.45) is 0 Å². The van der Waals surface area contributed by atoms with Crippen LogP contribution in [-0.4, -0.2) is 33.8 Å². The molecular formula is C26H23N3O4S. The zero-order valence-electron chi connectivity index (χ0n) is 18.8. The third-order valence-electron chi connectivity index (χ3n) is 5.04. The highest BCUT2D eigenvalue weighted by Crippen LogP contribution is 2.23. The number of rotatable bonds is 7. The smallest absolute Gasteiger partial charge is 0.340 e. The molecule has 34 heavy (non-hydrogen) atoms. The molecule has 0 bridgehead atoms. The van der Waals surface area contributed by atoms with Crippen molar-refractivity contribution in [3.8, 4) is 5.69 Å². The number of hydrogen-bond acceptors (Lipinski definition) is 6. The molecule has 172 valence electrons. The summed E-state index contributed by atoms with van der Waals surface area (Å²) in [6, 6.07) is 21.4. The van der Waals surface area contributed by atoms with E-state index in [-0.39, 0.29) is 29.4 Å². The molecule has 0 aliphatic rings. The monoisotopic (exact) mass is 473 g/mol. The van der Waals surface area contributed by atoms with Crippen LogP contribution in [0.1, 0.15) is 22.8 Å². The third kappa shape index (κ3) is 5.02. The maximum absolute atomic E-state index is 13.4. The lowest BCUT2D eigenvalue weighted by Gasteiger charge is -2.14. The normalized spacial score (nSPS) is 10.8. The summed E-state index contributed by atoms with van der Waals surface area (Å²) in [7, 11) is 0. The first-order valence-corrected chi connectivity index (χ1v) is 11.7. The van der Waals surface area contributed by atoms with Gasteiger partial charge >= 0.3 is 5.97 Å². The van der Waals surface area contributed by atoms with Crippen LogP contribution in [0.5, 0.6) is 0 Å². The molecule has 1 N–H and O–H groups in total. The summed E-state index contributed by atoms with van der Waals surface area (Å²) in [6.07, 6.45) is 0. The number of carbonyl (C=O) groups is 2. The van der Waals surface area contributed by atoms with E-state index >= 15 is 0 Å². The zero-order valence-corrected chi connectivity index (χ0v) is 19.6. The fraction of sp³-hybridized carbons (Fsp3) is 0.154. The predicted octanol–water partition coefficient (Wildman–Crippen LogP) is 4.60. The van der Waals surface area contributed by atoms with E-state index in [1.807, 2.05) is 49.4 Å². The standard InChI is InChI=1S/C26H23N3O4S/c1-3-33-25(32)19-11-7-8-12-21(19)27-23(30)16-34-26-28-22-14-13-17(2)15-20(22)24(31)29(26)18-9-5-4-6-10-18/h4-15H,3,16H2,1-2H3,(H,27,30). The lowest BCUT2D eigenvalue weighted by atomic mass is 10.1. The van der Waals surface area contributed by atoms with Gasteiger partial charge in [0.25, 0.3) is 5.56 Å². The van der Waals surface area contributed by atoms with Crippen molar-refractivity contribution < 1.29 is 14.3 Å². The number of nitrogens with one attached hydrogen (secondary N) is 1. The Labute approximate surface area is 200 Å². The fourth-order valence-corrected chi connectivity index (χ4v) is 4.29. The van der Waals surface area contributed by atoms with Gasteiger partial charge in [-0.1, -0.05) is 53.7 Å². The number of ether oxygens (including phenoxy) is 1. The van der Waals surface area contributed by atoms with Crippen molar-refractivity contribution in [3.05, 3.63) is 94.3 Å². The first kappa shape index (κ1) is 23.3. The molecule has 0 saturated heterocycles. The Morgan fingerprint density at radius 3 is 2.53 bits per heavy atom. The number of amides is 1.